The van der Waals surface area contributed by atoms with E-state index in [0.29, 0.717) is 6.54 Å². The van der Waals surface area contributed by atoms with E-state index in [1.165, 1.54) is 11.1 Å². The number of likely N-dealkylation sites (tertiary alicyclic amines) is 1. The number of hydrogen-bond donors (Lipinski definition) is 1. The molecule has 0 bridgehead atoms. The molecule has 0 spiro atoms. The van der Waals surface area contributed by atoms with Gasteiger partial charge in [-0.2, -0.15) is 0 Å². The highest BCUT2D eigenvalue weighted by molar-refractivity contribution is 5.78. The Morgan fingerprint density at radius 2 is 2.13 bits per heavy atom. The predicted molar refractivity (Wildman–Crippen MR) is 91.2 cm³/mol. The van der Waals surface area contributed by atoms with E-state index >= 15 is 0 Å². The molecule has 1 atom stereocenters. The minimum atomic E-state index is 0.171. The van der Waals surface area contributed by atoms with E-state index in [1.807, 2.05) is 0 Å². The first kappa shape index (κ1) is 16.5. The molecule has 1 aromatic rings. The fourth-order valence-corrected chi connectivity index (χ4v) is 3.59. The SMILES string of the molecule is Cc1cccc(CN2CCC(C(=O)NCC3CCCO3)CC2)c1. The molecule has 0 aromatic heterocycles. The smallest absolute Gasteiger partial charge is 0.223 e. The second-order valence-corrected chi connectivity index (χ2v) is 6.92. The number of piperidine rings is 1. The topological polar surface area (TPSA) is 41.6 Å². The minimum Gasteiger partial charge on any atom is -0.376 e. The Morgan fingerprint density at radius 3 is 2.83 bits per heavy atom. The van der Waals surface area contributed by atoms with Crippen molar-refractivity contribution < 1.29 is 9.53 Å². The van der Waals surface area contributed by atoms with Crippen LogP contribution < -0.4 is 5.32 Å². The second-order valence-electron chi connectivity index (χ2n) is 6.92. The molecule has 2 fully saturated rings. The van der Waals surface area contributed by atoms with Crippen molar-refractivity contribution in [2.75, 3.05) is 26.2 Å². The normalized spacial score (nSPS) is 23.1. The number of aryl methyl sites for hydroxylation is 1. The fraction of sp³-hybridized carbons (Fsp3) is 0.632. The van der Waals surface area contributed by atoms with Crippen molar-refractivity contribution in [2.24, 2.45) is 5.92 Å². The molecule has 1 unspecified atom stereocenters. The van der Waals surface area contributed by atoms with Crippen molar-refractivity contribution in [3.05, 3.63) is 35.4 Å². The quantitative estimate of drug-likeness (QED) is 0.907. The van der Waals surface area contributed by atoms with Gasteiger partial charge in [-0.25, -0.2) is 0 Å². The third-order valence-corrected chi connectivity index (χ3v) is 4.97. The summed E-state index contributed by atoms with van der Waals surface area (Å²) in [5.41, 5.74) is 2.68. The first-order chi connectivity index (χ1) is 11.2. The van der Waals surface area contributed by atoms with Crippen molar-refractivity contribution in [2.45, 2.75) is 45.3 Å². The second kappa shape index (κ2) is 7.93. The molecule has 4 nitrogen and oxygen atoms in total. The standard InChI is InChI=1S/C19H28N2O2/c1-15-4-2-5-16(12-15)14-21-9-7-17(8-10-21)19(22)20-13-18-6-3-11-23-18/h2,4-5,12,17-18H,3,6-11,13-14H2,1H3,(H,20,22). The van der Waals surface area contributed by atoms with Crippen LogP contribution in [0.25, 0.3) is 0 Å². The van der Waals surface area contributed by atoms with E-state index in [9.17, 15) is 4.79 Å². The van der Waals surface area contributed by atoms with Crippen molar-refractivity contribution in [3.8, 4) is 0 Å². The lowest BCUT2D eigenvalue weighted by atomic mass is 9.95. The molecule has 0 saturated carbocycles. The van der Waals surface area contributed by atoms with Crippen LogP contribution >= 0.6 is 0 Å². The monoisotopic (exact) mass is 316 g/mol. The number of hydrogen-bond acceptors (Lipinski definition) is 3. The van der Waals surface area contributed by atoms with E-state index < -0.39 is 0 Å². The van der Waals surface area contributed by atoms with Gasteiger partial charge in [0.25, 0.3) is 0 Å². The Morgan fingerprint density at radius 1 is 1.30 bits per heavy atom. The maximum absolute atomic E-state index is 12.3. The van der Waals surface area contributed by atoms with Crippen LogP contribution in [0.5, 0.6) is 0 Å². The molecule has 1 amide bonds. The molecular weight excluding hydrogens is 288 g/mol. The van der Waals surface area contributed by atoms with Crippen LogP contribution in [0.15, 0.2) is 24.3 Å². The molecule has 0 aliphatic carbocycles. The Bertz CT molecular complexity index is 518. The lowest BCUT2D eigenvalue weighted by Crippen LogP contribution is -2.42. The Balaban J connectivity index is 1.40. The summed E-state index contributed by atoms with van der Waals surface area (Å²) < 4.78 is 5.56. The van der Waals surface area contributed by atoms with E-state index in [0.717, 1.165) is 51.9 Å². The van der Waals surface area contributed by atoms with Gasteiger partial charge in [0.15, 0.2) is 0 Å². The van der Waals surface area contributed by atoms with E-state index in [-0.39, 0.29) is 17.9 Å². The van der Waals surface area contributed by atoms with Crippen LogP contribution in [-0.4, -0.2) is 43.2 Å². The highest BCUT2D eigenvalue weighted by Gasteiger charge is 2.26. The fourth-order valence-electron chi connectivity index (χ4n) is 3.59. The van der Waals surface area contributed by atoms with E-state index in [4.69, 9.17) is 4.74 Å². The third kappa shape index (κ3) is 4.79. The lowest BCUT2D eigenvalue weighted by molar-refractivity contribution is -0.127. The van der Waals surface area contributed by atoms with Crippen LogP contribution in [0, 0.1) is 12.8 Å². The van der Waals surface area contributed by atoms with Crippen molar-refractivity contribution in [3.63, 3.8) is 0 Å². The molecule has 23 heavy (non-hydrogen) atoms. The zero-order valence-electron chi connectivity index (χ0n) is 14.1. The van der Waals surface area contributed by atoms with Gasteiger partial charge >= 0.3 is 0 Å². The van der Waals surface area contributed by atoms with Crippen molar-refractivity contribution in [1.82, 2.24) is 10.2 Å². The Kier molecular flexibility index (Phi) is 5.68. The van der Waals surface area contributed by atoms with Gasteiger partial charge in [-0.05, 0) is 51.3 Å². The van der Waals surface area contributed by atoms with Gasteiger partial charge in [0.2, 0.25) is 5.91 Å². The highest BCUT2D eigenvalue weighted by atomic mass is 16.5. The number of carbonyl (C=O) groups excluding carboxylic acids is 1. The van der Waals surface area contributed by atoms with Gasteiger partial charge in [0.05, 0.1) is 6.10 Å². The van der Waals surface area contributed by atoms with Crippen LogP contribution in [0.3, 0.4) is 0 Å². The van der Waals surface area contributed by atoms with Crippen LogP contribution in [-0.2, 0) is 16.1 Å². The molecule has 2 aliphatic rings. The van der Waals surface area contributed by atoms with Gasteiger partial charge in [-0.15, -0.1) is 0 Å². The molecule has 0 radical (unpaired) electrons. The first-order valence-corrected chi connectivity index (χ1v) is 8.88. The van der Waals surface area contributed by atoms with Crippen LogP contribution in [0.2, 0.25) is 0 Å². The maximum atomic E-state index is 12.3. The van der Waals surface area contributed by atoms with Gasteiger partial charge in [-0.1, -0.05) is 29.8 Å². The molecule has 2 saturated heterocycles. The molecular formula is C19H28N2O2. The van der Waals surface area contributed by atoms with Gasteiger partial charge in [0, 0.05) is 25.6 Å². The average molecular weight is 316 g/mol. The highest BCUT2D eigenvalue weighted by Crippen LogP contribution is 2.20. The predicted octanol–water partition coefficient (Wildman–Crippen LogP) is 2.50. The van der Waals surface area contributed by atoms with Gasteiger partial charge in [0.1, 0.15) is 0 Å². The number of rotatable bonds is 5. The molecule has 1 N–H and O–H groups in total. The number of amides is 1. The summed E-state index contributed by atoms with van der Waals surface area (Å²) in [6, 6.07) is 8.69. The number of ether oxygens (including phenoxy) is 1. The molecule has 1 aromatic carbocycles. The number of benzene rings is 1. The Hall–Kier alpha value is -1.39. The first-order valence-electron chi connectivity index (χ1n) is 8.88. The minimum absolute atomic E-state index is 0.171. The number of nitrogens with one attached hydrogen (secondary N) is 1. The van der Waals surface area contributed by atoms with E-state index in [2.05, 4.69) is 41.4 Å². The lowest BCUT2D eigenvalue weighted by Gasteiger charge is -2.31. The maximum Gasteiger partial charge on any atom is 0.223 e. The van der Waals surface area contributed by atoms with Gasteiger partial charge < -0.3 is 10.1 Å². The summed E-state index contributed by atoms with van der Waals surface area (Å²) in [6.07, 6.45) is 4.36. The summed E-state index contributed by atoms with van der Waals surface area (Å²) >= 11 is 0. The third-order valence-electron chi connectivity index (χ3n) is 4.97. The molecule has 126 valence electrons. The van der Waals surface area contributed by atoms with E-state index in [1.54, 1.807) is 0 Å². The Labute approximate surface area is 139 Å². The zero-order valence-corrected chi connectivity index (χ0v) is 14.1. The largest absolute Gasteiger partial charge is 0.376 e. The molecule has 2 heterocycles. The average Bonchev–Trinajstić information content (AvgIpc) is 3.07. The summed E-state index contributed by atoms with van der Waals surface area (Å²) in [5, 5.41) is 3.08. The molecule has 4 heteroatoms. The summed E-state index contributed by atoms with van der Waals surface area (Å²) in [6.45, 7) is 6.66. The number of carbonyl (C=O) groups is 1. The van der Waals surface area contributed by atoms with Crippen molar-refractivity contribution >= 4 is 5.91 Å². The van der Waals surface area contributed by atoms with Crippen LogP contribution in [0.1, 0.15) is 36.8 Å². The van der Waals surface area contributed by atoms with Crippen LogP contribution in [0.4, 0.5) is 0 Å². The summed E-state index contributed by atoms with van der Waals surface area (Å²) in [4.78, 5) is 14.7. The van der Waals surface area contributed by atoms with Gasteiger partial charge in [-0.3, -0.25) is 9.69 Å². The summed E-state index contributed by atoms with van der Waals surface area (Å²) in [7, 11) is 0. The zero-order chi connectivity index (χ0) is 16.1. The summed E-state index contributed by atoms with van der Waals surface area (Å²) in [5.74, 6) is 0.390. The van der Waals surface area contributed by atoms with Crippen molar-refractivity contribution in [1.29, 1.82) is 0 Å². The number of nitrogens with zero attached hydrogens (tertiary/aromatic N) is 1. The molecule has 2 aliphatic heterocycles. The molecule has 3 rings (SSSR count).